The summed E-state index contributed by atoms with van der Waals surface area (Å²) in [6.07, 6.45) is 4.39. The summed E-state index contributed by atoms with van der Waals surface area (Å²) in [6.45, 7) is 4.65. The maximum absolute atomic E-state index is 11.3. The van der Waals surface area contributed by atoms with E-state index in [0.717, 1.165) is 30.8 Å². The van der Waals surface area contributed by atoms with Gasteiger partial charge in [-0.05, 0) is 54.8 Å². The van der Waals surface area contributed by atoms with Crippen molar-refractivity contribution in [3.05, 3.63) is 59.7 Å². The molecule has 2 rings (SSSR count). The molecule has 134 valence electrons. The molecular formula is C21H29N3O. The first kappa shape index (κ1) is 19.0. The van der Waals surface area contributed by atoms with E-state index in [1.807, 2.05) is 24.3 Å². The van der Waals surface area contributed by atoms with Crippen LogP contribution in [-0.2, 0) is 11.2 Å². The number of nitrogen functional groups attached to an aromatic ring is 1. The summed E-state index contributed by atoms with van der Waals surface area (Å²) in [5.74, 6) is -0.0430. The third-order valence-electron chi connectivity index (χ3n) is 4.24. The minimum Gasteiger partial charge on any atom is -0.399 e. The van der Waals surface area contributed by atoms with E-state index in [9.17, 15) is 4.79 Å². The van der Waals surface area contributed by atoms with Gasteiger partial charge < -0.3 is 16.4 Å². The SMILES string of the molecule is CCCCC(NCCc1ccc(N)cc1)c1cccc(NC(C)=O)c1. The summed E-state index contributed by atoms with van der Waals surface area (Å²) < 4.78 is 0. The van der Waals surface area contributed by atoms with Crippen LogP contribution in [0.2, 0.25) is 0 Å². The smallest absolute Gasteiger partial charge is 0.221 e. The van der Waals surface area contributed by atoms with E-state index in [-0.39, 0.29) is 5.91 Å². The molecular weight excluding hydrogens is 310 g/mol. The first-order chi connectivity index (χ1) is 12.1. The van der Waals surface area contributed by atoms with Crippen LogP contribution in [0.5, 0.6) is 0 Å². The zero-order valence-electron chi connectivity index (χ0n) is 15.2. The van der Waals surface area contributed by atoms with Crippen LogP contribution in [0.4, 0.5) is 11.4 Å². The molecule has 0 aliphatic rings. The highest BCUT2D eigenvalue weighted by Gasteiger charge is 2.11. The number of hydrogen-bond acceptors (Lipinski definition) is 3. The fraction of sp³-hybridized carbons (Fsp3) is 0.381. The van der Waals surface area contributed by atoms with Gasteiger partial charge in [0.15, 0.2) is 0 Å². The molecule has 0 heterocycles. The third-order valence-corrected chi connectivity index (χ3v) is 4.24. The van der Waals surface area contributed by atoms with Crippen molar-refractivity contribution in [1.82, 2.24) is 5.32 Å². The van der Waals surface area contributed by atoms with E-state index < -0.39 is 0 Å². The molecule has 1 atom stereocenters. The highest BCUT2D eigenvalue weighted by molar-refractivity contribution is 5.88. The van der Waals surface area contributed by atoms with Gasteiger partial charge in [-0.25, -0.2) is 0 Å². The van der Waals surface area contributed by atoms with Gasteiger partial charge in [-0.3, -0.25) is 4.79 Å². The van der Waals surface area contributed by atoms with Gasteiger partial charge in [-0.1, -0.05) is 44.0 Å². The minimum atomic E-state index is -0.0430. The molecule has 0 spiro atoms. The van der Waals surface area contributed by atoms with Crippen LogP contribution in [0.1, 0.15) is 50.3 Å². The van der Waals surface area contributed by atoms with Gasteiger partial charge in [-0.15, -0.1) is 0 Å². The maximum atomic E-state index is 11.3. The fourth-order valence-corrected chi connectivity index (χ4v) is 2.91. The third kappa shape index (κ3) is 6.59. The molecule has 4 N–H and O–H groups in total. The Kier molecular flexibility index (Phi) is 7.48. The van der Waals surface area contributed by atoms with Gasteiger partial charge in [-0.2, -0.15) is 0 Å². The Morgan fingerprint density at radius 1 is 1.16 bits per heavy atom. The number of amides is 1. The lowest BCUT2D eigenvalue weighted by molar-refractivity contribution is -0.114. The van der Waals surface area contributed by atoms with Crippen molar-refractivity contribution in [2.24, 2.45) is 0 Å². The molecule has 25 heavy (non-hydrogen) atoms. The highest BCUT2D eigenvalue weighted by Crippen LogP contribution is 2.22. The van der Waals surface area contributed by atoms with Crippen LogP contribution < -0.4 is 16.4 Å². The van der Waals surface area contributed by atoms with Crippen molar-refractivity contribution in [2.75, 3.05) is 17.6 Å². The summed E-state index contributed by atoms with van der Waals surface area (Å²) in [7, 11) is 0. The molecule has 1 unspecified atom stereocenters. The summed E-state index contributed by atoms with van der Waals surface area (Å²) in [5, 5.41) is 6.54. The monoisotopic (exact) mass is 339 g/mol. The lowest BCUT2D eigenvalue weighted by atomic mass is 10.00. The van der Waals surface area contributed by atoms with Crippen molar-refractivity contribution < 1.29 is 4.79 Å². The molecule has 0 saturated heterocycles. The van der Waals surface area contributed by atoms with Gasteiger partial charge in [0.1, 0.15) is 0 Å². The number of hydrogen-bond donors (Lipinski definition) is 3. The Bertz CT molecular complexity index is 667. The fourth-order valence-electron chi connectivity index (χ4n) is 2.91. The molecule has 0 aliphatic carbocycles. The second-order valence-corrected chi connectivity index (χ2v) is 6.45. The topological polar surface area (TPSA) is 67.2 Å². The van der Waals surface area contributed by atoms with Gasteiger partial charge in [0.2, 0.25) is 5.91 Å². The number of carbonyl (C=O) groups excluding carboxylic acids is 1. The molecule has 1 amide bonds. The summed E-state index contributed by atoms with van der Waals surface area (Å²) in [4.78, 5) is 11.3. The maximum Gasteiger partial charge on any atom is 0.221 e. The van der Waals surface area contributed by atoms with Crippen LogP contribution in [0.25, 0.3) is 0 Å². The van der Waals surface area contributed by atoms with Crippen LogP contribution >= 0.6 is 0 Å². The van der Waals surface area contributed by atoms with Gasteiger partial charge >= 0.3 is 0 Å². The Morgan fingerprint density at radius 3 is 2.60 bits per heavy atom. The molecule has 2 aromatic carbocycles. The van der Waals surface area contributed by atoms with Crippen LogP contribution in [0.15, 0.2) is 48.5 Å². The Hall–Kier alpha value is -2.33. The first-order valence-electron chi connectivity index (χ1n) is 9.04. The molecule has 0 radical (unpaired) electrons. The largest absolute Gasteiger partial charge is 0.399 e. The molecule has 0 saturated carbocycles. The molecule has 4 heteroatoms. The van der Waals surface area contributed by atoms with Gasteiger partial charge in [0.25, 0.3) is 0 Å². The van der Waals surface area contributed by atoms with Crippen LogP contribution in [0.3, 0.4) is 0 Å². The van der Waals surface area contributed by atoms with E-state index in [1.165, 1.54) is 30.9 Å². The number of carbonyl (C=O) groups is 1. The average Bonchev–Trinajstić information content (AvgIpc) is 2.59. The minimum absolute atomic E-state index is 0.0430. The summed E-state index contributed by atoms with van der Waals surface area (Å²) in [5.41, 5.74) is 9.89. The highest BCUT2D eigenvalue weighted by atomic mass is 16.1. The summed E-state index contributed by atoms with van der Waals surface area (Å²) >= 11 is 0. The number of nitrogens with one attached hydrogen (secondary N) is 2. The second kappa shape index (κ2) is 9.84. The zero-order valence-corrected chi connectivity index (χ0v) is 15.2. The van der Waals surface area contributed by atoms with Crippen molar-refractivity contribution in [1.29, 1.82) is 0 Å². The zero-order chi connectivity index (χ0) is 18.1. The lowest BCUT2D eigenvalue weighted by Crippen LogP contribution is -2.24. The molecule has 0 aromatic heterocycles. The second-order valence-electron chi connectivity index (χ2n) is 6.45. The Balaban J connectivity index is 1.99. The van der Waals surface area contributed by atoms with Crippen molar-refractivity contribution >= 4 is 17.3 Å². The van der Waals surface area contributed by atoms with E-state index in [2.05, 4.69) is 41.8 Å². The normalized spacial score (nSPS) is 11.9. The Labute approximate surface area is 150 Å². The standard InChI is InChI=1S/C21H29N3O/c1-3-4-8-21(18-6-5-7-20(15-18)24-16(2)25)23-14-13-17-9-11-19(22)12-10-17/h5-7,9-12,15,21,23H,3-4,8,13-14,22H2,1-2H3,(H,24,25). The van der Waals surface area contributed by atoms with Gasteiger partial charge in [0, 0.05) is 24.3 Å². The molecule has 0 bridgehead atoms. The number of benzene rings is 2. The van der Waals surface area contributed by atoms with E-state index in [0.29, 0.717) is 6.04 Å². The van der Waals surface area contributed by atoms with Crippen molar-refractivity contribution in [3.63, 3.8) is 0 Å². The van der Waals surface area contributed by atoms with E-state index in [1.54, 1.807) is 0 Å². The molecule has 4 nitrogen and oxygen atoms in total. The van der Waals surface area contributed by atoms with Gasteiger partial charge in [0.05, 0.1) is 0 Å². The van der Waals surface area contributed by atoms with E-state index >= 15 is 0 Å². The number of unbranched alkanes of at least 4 members (excludes halogenated alkanes) is 1. The van der Waals surface area contributed by atoms with Crippen molar-refractivity contribution in [3.8, 4) is 0 Å². The van der Waals surface area contributed by atoms with E-state index in [4.69, 9.17) is 5.73 Å². The molecule has 0 fully saturated rings. The summed E-state index contributed by atoms with van der Waals surface area (Å²) in [6, 6.07) is 16.5. The molecule has 0 aliphatic heterocycles. The predicted octanol–water partition coefficient (Wildman–Crippen LogP) is 4.29. The number of nitrogens with two attached hydrogens (primary N) is 1. The van der Waals surface area contributed by atoms with Crippen LogP contribution in [0, 0.1) is 0 Å². The lowest BCUT2D eigenvalue weighted by Gasteiger charge is -2.20. The van der Waals surface area contributed by atoms with Crippen molar-refractivity contribution in [2.45, 2.75) is 45.6 Å². The predicted molar refractivity (Wildman–Crippen MR) is 106 cm³/mol. The average molecular weight is 339 g/mol. The number of anilines is 2. The quantitative estimate of drug-likeness (QED) is 0.597. The Morgan fingerprint density at radius 2 is 1.92 bits per heavy atom. The first-order valence-corrected chi connectivity index (χ1v) is 9.04. The number of rotatable bonds is 9. The molecule has 2 aromatic rings. The van der Waals surface area contributed by atoms with Crippen LogP contribution in [-0.4, -0.2) is 12.5 Å².